The molecule has 0 heterocycles. The molecule has 2 rings (SSSR count). The Morgan fingerprint density at radius 3 is 2.33 bits per heavy atom. The maximum atomic E-state index is 13.2. The number of nitrogens with zero attached hydrogens (tertiary/aromatic N) is 2. The molecule has 180 valence electrons. The number of ether oxygens (including phenoxy) is 1. The first-order chi connectivity index (χ1) is 15.6. The number of carbonyl (C=O) groups excluding carboxylic acids is 2. The highest BCUT2D eigenvalue weighted by atomic mass is 32.2. The predicted octanol–water partition coefficient (Wildman–Crippen LogP) is 2.54. The molecule has 0 aliphatic heterocycles. The molecule has 0 aliphatic carbocycles. The monoisotopic (exact) mass is 479 g/mol. The Balaban J connectivity index is 2.16. The third-order valence-corrected chi connectivity index (χ3v) is 6.37. The third-order valence-electron chi connectivity index (χ3n) is 5.19. The molecule has 33 heavy (non-hydrogen) atoms. The van der Waals surface area contributed by atoms with Crippen LogP contribution in [0.2, 0.25) is 0 Å². The van der Waals surface area contributed by atoms with Crippen molar-refractivity contribution in [3.05, 3.63) is 59.9 Å². The van der Waals surface area contributed by atoms with E-state index in [-0.39, 0.29) is 37.7 Å². The second-order valence-corrected chi connectivity index (χ2v) is 9.46. The van der Waals surface area contributed by atoms with Crippen molar-refractivity contribution in [2.24, 2.45) is 0 Å². The van der Waals surface area contributed by atoms with Crippen molar-refractivity contribution >= 4 is 27.5 Å². The molecular weight excluding hydrogens is 449 g/mol. The lowest BCUT2D eigenvalue weighted by atomic mass is 10.1. The molecule has 2 amide bonds. The van der Waals surface area contributed by atoms with Crippen LogP contribution >= 0.6 is 0 Å². The van der Waals surface area contributed by atoms with Gasteiger partial charge in [-0.3, -0.25) is 13.9 Å². The van der Waals surface area contributed by atoms with E-state index < -0.39 is 21.9 Å². The van der Waals surface area contributed by atoms with E-state index >= 15 is 0 Å². The van der Waals surface area contributed by atoms with E-state index in [4.69, 9.17) is 4.74 Å². The molecule has 0 aromatic heterocycles. The second-order valence-electron chi connectivity index (χ2n) is 7.55. The summed E-state index contributed by atoms with van der Waals surface area (Å²) in [5, 5.41) is 2.53. The van der Waals surface area contributed by atoms with Crippen molar-refractivity contribution in [1.29, 1.82) is 0 Å². The standard InChI is InChI=1S/C23H30FN3O5S/c1-17(23(29)25-2)26(16-18-11-13-19(24)14-12-18)22(28)10-7-15-27(33(4,30)31)20-8-5-6-9-21(20)32-3/h5-6,8-9,11-14,17H,7,10,15-16H2,1-4H3,(H,25,29). The van der Waals surface area contributed by atoms with Crippen LogP contribution in [0.3, 0.4) is 0 Å². The van der Waals surface area contributed by atoms with Crippen molar-refractivity contribution in [2.45, 2.75) is 32.4 Å². The number of hydrogen-bond acceptors (Lipinski definition) is 5. The maximum absolute atomic E-state index is 13.2. The Hall–Kier alpha value is -3.14. The number of amides is 2. The van der Waals surface area contributed by atoms with Gasteiger partial charge in [0, 0.05) is 26.6 Å². The van der Waals surface area contributed by atoms with Gasteiger partial charge < -0.3 is 15.0 Å². The number of anilines is 1. The number of benzene rings is 2. The van der Waals surface area contributed by atoms with E-state index in [0.29, 0.717) is 17.0 Å². The SMILES string of the molecule is CNC(=O)C(C)N(Cc1ccc(F)cc1)C(=O)CCCN(c1ccccc1OC)S(C)(=O)=O. The smallest absolute Gasteiger partial charge is 0.242 e. The highest BCUT2D eigenvalue weighted by molar-refractivity contribution is 7.92. The van der Waals surface area contributed by atoms with Crippen LogP contribution in [0.1, 0.15) is 25.3 Å². The number of methoxy groups -OCH3 is 1. The molecule has 0 radical (unpaired) electrons. The van der Waals surface area contributed by atoms with Crippen molar-refractivity contribution in [3.63, 3.8) is 0 Å². The number of carbonyl (C=O) groups is 2. The van der Waals surface area contributed by atoms with E-state index in [9.17, 15) is 22.4 Å². The largest absolute Gasteiger partial charge is 0.495 e. The number of halogens is 1. The van der Waals surface area contributed by atoms with Crippen molar-refractivity contribution < 1.29 is 27.1 Å². The highest BCUT2D eigenvalue weighted by Gasteiger charge is 2.26. The van der Waals surface area contributed by atoms with Gasteiger partial charge in [0.1, 0.15) is 17.6 Å². The maximum Gasteiger partial charge on any atom is 0.242 e. The molecule has 2 aromatic rings. The molecule has 1 unspecified atom stereocenters. The summed E-state index contributed by atoms with van der Waals surface area (Å²) in [6.07, 6.45) is 1.34. The Morgan fingerprint density at radius 2 is 1.76 bits per heavy atom. The fourth-order valence-electron chi connectivity index (χ4n) is 3.40. The van der Waals surface area contributed by atoms with Crippen LogP contribution in [-0.4, -0.2) is 58.1 Å². The van der Waals surface area contributed by atoms with Gasteiger partial charge in [0.25, 0.3) is 0 Å². The topological polar surface area (TPSA) is 96.0 Å². The summed E-state index contributed by atoms with van der Waals surface area (Å²) >= 11 is 0. The van der Waals surface area contributed by atoms with Crippen LogP contribution in [0, 0.1) is 5.82 Å². The Bertz CT molecular complexity index is 1060. The molecule has 0 saturated carbocycles. The quantitative estimate of drug-likeness (QED) is 0.534. The van der Waals surface area contributed by atoms with Crippen LogP contribution < -0.4 is 14.4 Å². The van der Waals surface area contributed by atoms with E-state index in [0.717, 1.165) is 6.26 Å². The molecule has 1 N–H and O–H groups in total. The number of likely N-dealkylation sites (N-methyl/N-ethyl adjacent to an activating group) is 1. The van der Waals surface area contributed by atoms with Gasteiger partial charge in [0.2, 0.25) is 21.8 Å². The van der Waals surface area contributed by atoms with Gasteiger partial charge in [0.05, 0.1) is 19.1 Å². The van der Waals surface area contributed by atoms with Gasteiger partial charge in [-0.15, -0.1) is 0 Å². The fourth-order valence-corrected chi connectivity index (χ4v) is 4.37. The lowest BCUT2D eigenvalue weighted by Crippen LogP contribution is -2.46. The average molecular weight is 480 g/mol. The molecule has 0 bridgehead atoms. The van der Waals surface area contributed by atoms with Crippen LogP contribution in [0.25, 0.3) is 0 Å². The van der Waals surface area contributed by atoms with Crippen LogP contribution in [0.5, 0.6) is 5.75 Å². The lowest BCUT2D eigenvalue weighted by Gasteiger charge is -2.29. The summed E-state index contributed by atoms with van der Waals surface area (Å²) < 4.78 is 44.5. The number of nitrogens with one attached hydrogen (secondary N) is 1. The summed E-state index contributed by atoms with van der Waals surface area (Å²) in [6, 6.07) is 11.7. The first kappa shape index (κ1) is 26.1. The minimum absolute atomic E-state index is 0.0176. The third kappa shape index (κ3) is 7.18. The second kappa shape index (κ2) is 11.6. The molecule has 0 aliphatic rings. The van der Waals surface area contributed by atoms with Gasteiger partial charge >= 0.3 is 0 Å². The lowest BCUT2D eigenvalue weighted by molar-refractivity contribution is -0.140. The predicted molar refractivity (Wildman–Crippen MR) is 125 cm³/mol. The summed E-state index contributed by atoms with van der Waals surface area (Å²) in [6.45, 7) is 1.79. The van der Waals surface area contributed by atoms with Crippen LogP contribution in [0.15, 0.2) is 48.5 Å². The van der Waals surface area contributed by atoms with Gasteiger partial charge in [-0.05, 0) is 43.2 Å². The van der Waals surface area contributed by atoms with Crippen molar-refractivity contribution in [1.82, 2.24) is 10.2 Å². The average Bonchev–Trinajstić information content (AvgIpc) is 2.79. The van der Waals surface area contributed by atoms with Crippen molar-refractivity contribution in [3.8, 4) is 5.75 Å². The van der Waals surface area contributed by atoms with Crippen LogP contribution in [-0.2, 0) is 26.2 Å². The van der Waals surface area contributed by atoms with E-state index in [1.807, 2.05) is 0 Å². The zero-order chi connectivity index (χ0) is 24.6. The van der Waals surface area contributed by atoms with Gasteiger partial charge in [0.15, 0.2) is 0 Å². The fraction of sp³-hybridized carbons (Fsp3) is 0.391. The number of rotatable bonds is 11. The number of para-hydroxylation sites is 2. The minimum atomic E-state index is -3.63. The molecule has 0 fully saturated rings. The first-order valence-corrected chi connectivity index (χ1v) is 12.3. The summed E-state index contributed by atoms with van der Waals surface area (Å²) in [5.74, 6) is -0.644. The zero-order valence-electron chi connectivity index (χ0n) is 19.2. The summed E-state index contributed by atoms with van der Waals surface area (Å²) in [4.78, 5) is 26.7. The Morgan fingerprint density at radius 1 is 1.12 bits per heavy atom. The summed E-state index contributed by atoms with van der Waals surface area (Å²) in [7, 11) is -0.689. The van der Waals surface area contributed by atoms with E-state index in [2.05, 4.69) is 5.32 Å². The molecule has 0 spiro atoms. The van der Waals surface area contributed by atoms with Gasteiger partial charge in [-0.2, -0.15) is 0 Å². The van der Waals surface area contributed by atoms with Crippen molar-refractivity contribution in [2.75, 3.05) is 31.3 Å². The first-order valence-electron chi connectivity index (χ1n) is 10.4. The number of sulfonamides is 1. The van der Waals surface area contributed by atoms with E-state index in [1.54, 1.807) is 43.3 Å². The summed E-state index contributed by atoms with van der Waals surface area (Å²) in [5.41, 5.74) is 1.06. The molecule has 0 saturated heterocycles. The zero-order valence-corrected chi connectivity index (χ0v) is 20.1. The molecule has 1 atom stereocenters. The van der Waals surface area contributed by atoms with Crippen LogP contribution in [0.4, 0.5) is 10.1 Å². The molecule has 10 heteroatoms. The van der Waals surface area contributed by atoms with Gasteiger partial charge in [-0.25, -0.2) is 12.8 Å². The normalized spacial score (nSPS) is 12.0. The Kier molecular flexibility index (Phi) is 9.22. The van der Waals surface area contributed by atoms with Gasteiger partial charge in [-0.1, -0.05) is 24.3 Å². The molecule has 2 aromatic carbocycles. The highest BCUT2D eigenvalue weighted by Crippen LogP contribution is 2.29. The minimum Gasteiger partial charge on any atom is -0.495 e. The Labute approximate surface area is 194 Å². The molecular formula is C23H30FN3O5S. The molecule has 8 nitrogen and oxygen atoms in total. The number of hydrogen-bond donors (Lipinski definition) is 1. The van der Waals surface area contributed by atoms with E-state index in [1.165, 1.54) is 35.5 Å².